The average molecular weight is 382 g/mol. The number of carbonyl (C=O) groups excluding carboxylic acids is 2. The number of hydrogen-bond donors (Lipinski definition) is 1. The molecule has 3 heterocycles. The van der Waals surface area contributed by atoms with Crippen LogP contribution < -0.4 is 4.90 Å². The number of aliphatic hydroxyl groups excluding tert-OH is 1. The Hall–Kier alpha value is -3.45. The summed E-state index contributed by atoms with van der Waals surface area (Å²) in [7, 11) is 0. The highest BCUT2D eigenvalue weighted by Crippen LogP contribution is 2.40. The zero-order chi connectivity index (χ0) is 19.0. The third kappa shape index (κ3) is 2.88. The van der Waals surface area contributed by atoms with Gasteiger partial charge in [0.2, 0.25) is 11.7 Å². The first-order chi connectivity index (χ1) is 13.1. The van der Waals surface area contributed by atoms with Crippen molar-refractivity contribution < 1.29 is 19.1 Å². The van der Waals surface area contributed by atoms with Crippen LogP contribution in [0, 0.1) is 0 Å². The maximum atomic E-state index is 12.9. The monoisotopic (exact) mass is 381 g/mol. The zero-order valence-electron chi connectivity index (χ0n) is 13.7. The van der Waals surface area contributed by atoms with Gasteiger partial charge in [0, 0.05) is 17.4 Å². The zero-order valence-corrected chi connectivity index (χ0v) is 14.5. The molecule has 0 saturated heterocycles. The molecule has 1 aromatic carbocycles. The van der Waals surface area contributed by atoms with E-state index in [-0.39, 0.29) is 17.3 Å². The Morgan fingerprint density at radius 3 is 2.44 bits per heavy atom. The van der Waals surface area contributed by atoms with Crippen molar-refractivity contribution in [2.75, 3.05) is 4.90 Å². The first kappa shape index (κ1) is 17.0. The van der Waals surface area contributed by atoms with Gasteiger partial charge in [-0.15, -0.1) is 0 Å². The SMILES string of the molecule is O=C(C1=C(O)C(=O)N(c2ncccn2)[C@H]1c1ccc(Cl)cc1)c1ccco1. The maximum Gasteiger partial charge on any atom is 0.296 e. The highest BCUT2D eigenvalue weighted by Gasteiger charge is 2.46. The molecule has 7 nitrogen and oxygen atoms in total. The summed E-state index contributed by atoms with van der Waals surface area (Å²) >= 11 is 5.96. The summed E-state index contributed by atoms with van der Waals surface area (Å²) in [5.74, 6) is -1.94. The standard InChI is InChI=1S/C19H12ClN3O4/c20-12-6-4-11(5-7-12)15-14(16(24)13-3-1-10-27-13)17(25)18(26)23(15)19-21-8-2-9-22-19/h1-10,15,25H/t15-/m0/s1. The third-order valence-corrected chi connectivity index (χ3v) is 4.40. The summed E-state index contributed by atoms with van der Waals surface area (Å²) in [6.07, 6.45) is 4.28. The molecule has 3 aromatic rings. The van der Waals surface area contributed by atoms with Gasteiger partial charge in [0.15, 0.2) is 11.5 Å². The topological polar surface area (TPSA) is 96.5 Å². The molecule has 0 aliphatic carbocycles. The predicted molar refractivity (Wildman–Crippen MR) is 96.4 cm³/mol. The quantitative estimate of drug-likeness (QED) is 0.695. The summed E-state index contributed by atoms with van der Waals surface area (Å²) < 4.78 is 5.16. The highest BCUT2D eigenvalue weighted by molar-refractivity contribution is 6.30. The fourth-order valence-corrected chi connectivity index (χ4v) is 3.09. The number of aromatic nitrogens is 2. The van der Waals surface area contributed by atoms with Gasteiger partial charge in [-0.2, -0.15) is 0 Å². The number of benzene rings is 1. The lowest BCUT2D eigenvalue weighted by atomic mass is 9.95. The molecule has 1 aliphatic rings. The number of hydrogen-bond acceptors (Lipinski definition) is 6. The van der Waals surface area contributed by atoms with Crippen molar-refractivity contribution in [2.24, 2.45) is 0 Å². The van der Waals surface area contributed by atoms with Crippen LogP contribution in [0.2, 0.25) is 5.02 Å². The first-order valence-electron chi connectivity index (χ1n) is 7.95. The molecular weight excluding hydrogens is 370 g/mol. The summed E-state index contributed by atoms with van der Waals surface area (Å²) in [6, 6.07) is 10.3. The molecule has 0 bridgehead atoms. The molecular formula is C19H12ClN3O4. The molecule has 27 heavy (non-hydrogen) atoms. The summed E-state index contributed by atoms with van der Waals surface area (Å²) in [5.41, 5.74) is 0.462. The van der Waals surface area contributed by atoms with Crippen molar-refractivity contribution in [3.63, 3.8) is 0 Å². The van der Waals surface area contributed by atoms with Crippen LogP contribution >= 0.6 is 11.6 Å². The van der Waals surface area contributed by atoms with E-state index >= 15 is 0 Å². The number of Topliss-reactive ketones (excluding diaryl/α,β-unsaturated/α-hetero) is 1. The molecule has 1 N–H and O–H groups in total. The van der Waals surface area contributed by atoms with E-state index in [4.69, 9.17) is 16.0 Å². The van der Waals surface area contributed by atoms with Gasteiger partial charge in [-0.1, -0.05) is 23.7 Å². The summed E-state index contributed by atoms with van der Waals surface area (Å²) in [6.45, 7) is 0. The minimum absolute atomic E-state index is 0.0131. The molecule has 0 radical (unpaired) electrons. The predicted octanol–water partition coefficient (Wildman–Crippen LogP) is 3.51. The third-order valence-electron chi connectivity index (χ3n) is 4.15. The van der Waals surface area contributed by atoms with E-state index in [2.05, 4.69) is 9.97 Å². The first-order valence-corrected chi connectivity index (χ1v) is 8.33. The van der Waals surface area contributed by atoms with E-state index in [1.807, 2.05) is 0 Å². The van der Waals surface area contributed by atoms with Crippen molar-refractivity contribution in [1.29, 1.82) is 0 Å². The Kier molecular flexibility index (Phi) is 4.21. The van der Waals surface area contributed by atoms with E-state index in [1.54, 1.807) is 36.4 Å². The Labute approximate surface area is 158 Å². The molecule has 4 rings (SSSR count). The molecule has 134 valence electrons. The van der Waals surface area contributed by atoms with Crippen molar-refractivity contribution in [3.8, 4) is 0 Å². The van der Waals surface area contributed by atoms with Crippen molar-refractivity contribution in [3.05, 3.63) is 88.8 Å². The van der Waals surface area contributed by atoms with Gasteiger partial charge in [0.05, 0.1) is 17.9 Å². The Balaban J connectivity index is 1.88. The lowest BCUT2D eigenvalue weighted by Gasteiger charge is -2.24. The number of furan rings is 1. The fraction of sp³-hybridized carbons (Fsp3) is 0.0526. The molecule has 2 aromatic heterocycles. The maximum absolute atomic E-state index is 12.9. The molecule has 1 aliphatic heterocycles. The van der Waals surface area contributed by atoms with Crippen LogP contribution in [0.25, 0.3) is 0 Å². The number of carbonyl (C=O) groups is 2. The second-order valence-corrected chi connectivity index (χ2v) is 6.18. The van der Waals surface area contributed by atoms with Crippen LogP contribution in [0.3, 0.4) is 0 Å². The lowest BCUT2D eigenvalue weighted by molar-refractivity contribution is -0.117. The largest absolute Gasteiger partial charge is 0.503 e. The smallest absolute Gasteiger partial charge is 0.296 e. The second-order valence-electron chi connectivity index (χ2n) is 5.75. The van der Waals surface area contributed by atoms with Crippen molar-refractivity contribution >= 4 is 29.2 Å². The van der Waals surface area contributed by atoms with Gasteiger partial charge < -0.3 is 9.52 Å². The van der Waals surface area contributed by atoms with E-state index < -0.39 is 23.5 Å². The van der Waals surface area contributed by atoms with Gasteiger partial charge >= 0.3 is 0 Å². The summed E-state index contributed by atoms with van der Waals surface area (Å²) in [5, 5.41) is 11.0. The molecule has 0 saturated carbocycles. The van der Waals surface area contributed by atoms with Crippen LogP contribution in [-0.2, 0) is 4.79 Å². The highest BCUT2D eigenvalue weighted by atomic mass is 35.5. The van der Waals surface area contributed by atoms with Crippen LogP contribution in [0.4, 0.5) is 5.95 Å². The van der Waals surface area contributed by atoms with Crippen LogP contribution in [0.1, 0.15) is 22.2 Å². The Morgan fingerprint density at radius 2 is 1.81 bits per heavy atom. The van der Waals surface area contributed by atoms with Gasteiger partial charge in [-0.3, -0.25) is 14.5 Å². The van der Waals surface area contributed by atoms with E-state index in [1.165, 1.54) is 29.6 Å². The van der Waals surface area contributed by atoms with E-state index in [9.17, 15) is 14.7 Å². The number of halogens is 1. The fourth-order valence-electron chi connectivity index (χ4n) is 2.96. The molecule has 0 fully saturated rings. The van der Waals surface area contributed by atoms with Crippen LogP contribution in [-0.4, -0.2) is 26.8 Å². The van der Waals surface area contributed by atoms with E-state index in [0.29, 0.717) is 10.6 Å². The number of aliphatic hydroxyl groups is 1. The van der Waals surface area contributed by atoms with Crippen LogP contribution in [0.5, 0.6) is 0 Å². The lowest BCUT2D eigenvalue weighted by Crippen LogP contribution is -2.32. The van der Waals surface area contributed by atoms with E-state index in [0.717, 1.165) is 0 Å². The average Bonchev–Trinajstić information content (AvgIpc) is 3.31. The minimum Gasteiger partial charge on any atom is -0.503 e. The number of ketones is 1. The number of nitrogens with zero attached hydrogens (tertiary/aromatic N) is 3. The second kappa shape index (κ2) is 6.69. The Morgan fingerprint density at radius 1 is 1.11 bits per heavy atom. The van der Waals surface area contributed by atoms with Gasteiger partial charge in [-0.25, -0.2) is 9.97 Å². The van der Waals surface area contributed by atoms with Crippen molar-refractivity contribution in [2.45, 2.75) is 6.04 Å². The van der Waals surface area contributed by atoms with Gasteiger partial charge in [0.25, 0.3) is 5.91 Å². The van der Waals surface area contributed by atoms with Crippen LogP contribution in [0.15, 0.2) is 76.9 Å². The molecule has 8 heteroatoms. The number of rotatable bonds is 4. The number of amides is 1. The minimum atomic E-state index is -0.922. The normalized spacial score (nSPS) is 16.9. The van der Waals surface area contributed by atoms with Gasteiger partial charge in [0.1, 0.15) is 0 Å². The van der Waals surface area contributed by atoms with Gasteiger partial charge in [-0.05, 0) is 35.9 Å². The van der Waals surface area contributed by atoms with Crippen molar-refractivity contribution in [1.82, 2.24) is 9.97 Å². The summed E-state index contributed by atoms with van der Waals surface area (Å²) in [4.78, 5) is 35.1. The Bertz CT molecular complexity index is 1030. The molecule has 1 atom stereocenters. The number of anilines is 1. The molecule has 0 spiro atoms. The molecule has 0 unspecified atom stereocenters. The molecule has 1 amide bonds.